The van der Waals surface area contributed by atoms with Crippen LogP contribution >= 0.6 is 0 Å². The minimum absolute atomic E-state index is 0.147. The van der Waals surface area contributed by atoms with Gasteiger partial charge >= 0.3 is 0 Å². The standard InChI is InChI=1S/C9H15NO/c1-7(2)9-5-10(3)4-8(9)6-11/h4-5,7,11H,6H2,1-3H3. The molecule has 0 spiro atoms. The molecular weight excluding hydrogens is 138 g/mol. The zero-order valence-electron chi connectivity index (χ0n) is 7.33. The highest BCUT2D eigenvalue weighted by atomic mass is 16.3. The summed E-state index contributed by atoms with van der Waals surface area (Å²) in [6, 6.07) is 0. The highest BCUT2D eigenvalue weighted by Gasteiger charge is 2.07. The summed E-state index contributed by atoms with van der Waals surface area (Å²) < 4.78 is 1.99. The molecule has 1 N–H and O–H groups in total. The summed E-state index contributed by atoms with van der Waals surface area (Å²) in [5, 5.41) is 8.97. The van der Waals surface area contributed by atoms with Crippen molar-refractivity contribution in [2.24, 2.45) is 7.05 Å². The predicted molar refractivity (Wildman–Crippen MR) is 45.4 cm³/mol. The molecule has 0 aliphatic rings. The van der Waals surface area contributed by atoms with Crippen LogP contribution < -0.4 is 0 Å². The van der Waals surface area contributed by atoms with Crippen molar-refractivity contribution in [2.75, 3.05) is 0 Å². The fourth-order valence-corrected chi connectivity index (χ4v) is 1.31. The van der Waals surface area contributed by atoms with Crippen molar-refractivity contribution >= 4 is 0 Å². The van der Waals surface area contributed by atoms with E-state index in [1.54, 1.807) is 0 Å². The molecule has 0 aliphatic heterocycles. The molecule has 0 fully saturated rings. The molecule has 2 heteroatoms. The number of nitrogens with zero attached hydrogens (tertiary/aromatic N) is 1. The van der Waals surface area contributed by atoms with Crippen molar-refractivity contribution in [3.63, 3.8) is 0 Å². The van der Waals surface area contributed by atoms with Gasteiger partial charge in [-0.2, -0.15) is 0 Å². The van der Waals surface area contributed by atoms with Crippen LogP contribution in [0.25, 0.3) is 0 Å². The average molecular weight is 153 g/mol. The third-order valence-corrected chi connectivity index (χ3v) is 1.87. The zero-order chi connectivity index (χ0) is 8.43. The average Bonchev–Trinajstić information content (AvgIpc) is 2.30. The molecule has 62 valence electrons. The molecule has 11 heavy (non-hydrogen) atoms. The third-order valence-electron chi connectivity index (χ3n) is 1.87. The third kappa shape index (κ3) is 1.63. The van der Waals surface area contributed by atoms with Crippen molar-refractivity contribution in [2.45, 2.75) is 26.4 Å². The van der Waals surface area contributed by atoms with Crippen LogP contribution in [0.3, 0.4) is 0 Å². The van der Waals surface area contributed by atoms with Crippen LogP contribution in [0.5, 0.6) is 0 Å². The summed E-state index contributed by atoms with van der Waals surface area (Å²) in [6.45, 7) is 4.41. The smallest absolute Gasteiger partial charge is 0.0699 e. The lowest BCUT2D eigenvalue weighted by Gasteiger charge is -2.02. The normalized spacial score (nSPS) is 11.0. The molecular formula is C9H15NO. The number of aliphatic hydroxyl groups is 1. The van der Waals surface area contributed by atoms with Crippen molar-refractivity contribution in [3.05, 3.63) is 23.5 Å². The number of aromatic nitrogens is 1. The van der Waals surface area contributed by atoms with Crippen LogP contribution in [-0.2, 0) is 13.7 Å². The first-order chi connectivity index (χ1) is 5.15. The Bertz CT molecular complexity index is 238. The fraction of sp³-hybridized carbons (Fsp3) is 0.556. The van der Waals surface area contributed by atoms with Crippen molar-refractivity contribution in [3.8, 4) is 0 Å². The molecule has 1 rings (SSSR count). The summed E-state index contributed by atoms with van der Waals surface area (Å²) in [5.41, 5.74) is 2.29. The van der Waals surface area contributed by atoms with Gasteiger partial charge in [0, 0.05) is 19.4 Å². The summed E-state index contributed by atoms with van der Waals surface area (Å²) in [6.07, 6.45) is 4.03. The Morgan fingerprint density at radius 3 is 2.45 bits per heavy atom. The number of hydrogen-bond donors (Lipinski definition) is 1. The first-order valence-electron chi connectivity index (χ1n) is 3.90. The van der Waals surface area contributed by atoms with Crippen LogP contribution in [0.4, 0.5) is 0 Å². The molecule has 0 atom stereocenters. The van der Waals surface area contributed by atoms with Crippen LogP contribution in [-0.4, -0.2) is 9.67 Å². The van der Waals surface area contributed by atoms with Crippen molar-refractivity contribution in [1.29, 1.82) is 0 Å². The lowest BCUT2D eigenvalue weighted by molar-refractivity contribution is 0.280. The lowest BCUT2D eigenvalue weighted by Crippen LogP contribution is -1.90. The van der Waals surface area contributed by atoms with Gasteiger partial charge in [0.2, 0.25) is 0 Å². The van der Waals surface area contributed by atoms with Crippen LogP contribution in [0.2, 0.25) is 0 Å². The predicted octanol–water partition coefficient (Wildman–Crippen LogP) is 1.64. The molecule has 0 unspecified atom stereocenters. The summed E-state index contributed by atoms with van der Waals surface area (Å²) in [7, 11) is 1.98. The second kappa shape index (κ2) is 3.09. The summed E-state index contributed by atoms with van der Waals surface area (Å²) in [4.78, 5) is 0. The van der Waals surface area contributed by atoms with E-state index in [4.69, 9.17) is 5.11 Å². The van der Waals surface area contributed by atoms with Gasteiger partial charge in [0.15, 0.2) is 0 Å². The molecule has 1 aromatic rings. The van der Waals surface area contributed by atoms with Gasteiger partial charge in [0.1, 0.15) is 0 Å². The molecule has 0 radical (unpaired) electrons. The molecule has 1 heterocycles. The second-order valence-corrected chi connectivity index (χ2v) is 3.22. The first-order valence-corrected chi connectivity index (χ1v) is 3.90. The molecule has 0 aliphatic carbocycles. The number of aryl methyl sites for hydroxylation is 1. The maximum absolute atomic E-state index is 8.97. The Kier molecular flexibility index (Phi) is 2.35. The highest BCUT2D eigenvalue weighted by Crippen LogP contribution is 2.19. The van der Waals surface area contributed by atoms with Crippen LogP contribution in [0.1, 0.15) is 30.9 Å². The number of hydrogen-bond acceptors (Lipinski definition) is 1. The quantitative estimate of drug-likeness (QED) is 0.686. The monoisotopic (exact) mass is 153 g/mol. The van der Waals surface area contributed by atoms with Crippen LogP contribution in [0.15, 0.2) is 12.4 Å². The Balaban J connectivity index is 3.02. The Morgan fingerprint density at radius 1 is 1.45 bits per heavy atom. The molecule has 0 saturated heterocycles. The molecule has 0 aromatic carbocycles. The minimum atomic E-state index is 0.147. The second-order valence-electron chi connectivity index (χ2n) is 3.22. The van der Waals surface area contributed by atoms with Crippen LogP contribution in [0, 0.1) is 0 Å². The van der Waals surface area contributed by atoms with Gasteiger partial charge in [-0.3, -0.25) is 0 Å². The lowest BCUT2D eigenvalue weighted by atomic mass is 10.0. The summed E-state index contributed by atoms with van der Waals surface area (Å²) >= 11 is 0. The van der Waals surface area contributed by atoms with Gasteiger partial charge < -0.3 is 9.67 Å². The van der Waals surface area contributed by atoms with E-state index in [0.717, 1.165) is 5.56 Å². The van der Waals surface area contributed by atoms with E-state index in [1.165, 1.54) is 5.56 Å². The van der Waals surface area contributed by atoms with Crippen molar-refractivity contribution in [1.82, 2.24) is 4.57 Å². The van der Waals surface area contributed by atoms with Gasteiger partial charge in [-0.25, -0.2) is 0 Å². The Morgan fingerprint density at radius 2 is 2.09 bits per heavy atom. The van der Waals surface area contributed by atoms with Gasteiger partial charge in [0.25, 0.3) is 0 Å². The Labute approximate surface area is 67.5 Å². The van der Waals surface area contributed by atoms with E-state index in [2.05, 4.69) is 20.0 Å². The van der Waals surface area contributed by atoms with E-state index in [0.29, 0.717) is 5.92 Å². The van der Waals surface area contributed by atoms with Gasteiger partial charge in [-0.05, 0) is 17.0 Å². The molecule has 2 nitrogen and oxygen atoms in total. The van der Waals surface area contributed by atoms with E-state index in [-0.39, 0.29) is 6.61 Å². The zero-order valence-corrected chi connectivity index (χ0v) is 7.33. The molecule has 0 amide bonds. The van der Waals surface area contributed by atoms with E-state index in [9.17, 15) is 0 Å². The molecule has 0 bridgehead atoms. The number of rotatable bonds is 2. The maximum Gasteiger partial charge on any atom is 0.0699 e. The summed E-state index contributed by atoms with van der Waals surface area (Å²) in [5.74, 6) is 0.498. The van der Waals surface area contributed by atoms with E-state index >= 15 is 0 Å². The maximum atomic E-state index is 8.97. The van der Waals surface area contributed by atoms with Gasteiger partial charge in [0.05, 0.1) is 6.61 Å². The van der Waals surface area contributed by atoms with E-state index in [1.807, 2.05) is 17.8 Å². The minimum Gasteiger partial charge on any atom is -0.392 e. The van der Waals surface area contributed by atoms with E-state index < -0.39 is 0 Å². The fourth-order valence-electron chi connectivity index (χ4n) is 1.31. The molecule has 0 saturated carbocycles. The first kappa shape index (κ1) is 8.34. The Hall–Kier alpha value is -0.760. The van der Waals surface area contributed by atoms with Gasteiger partial charge in [-0.1, -0.05) is 13.8 Å². The SMILES string of the molecule is CC(C)c1cn(C)cc1CO. The van der Waals surface area contributed by atoms with Crippen molar-refractivity contribution < 1.29 is 5.11 Å². The highest BCUT2D eigenvalue weighted by molar-refractivity contribution is 5.26. The largest absolute Gasteiger partial charge is 0.392 e. The topological polar surface area (TPSA) is 25.2 Å². The van der Waals surface area contributed by atoms with Gasteiger partial charge in [-0.15, -0.1) is 0 Å². The number of aliphatic hydroxyl groups excluding tert-OH is 1. The molecule has 1 aromatic heterocycles.